The van der Waals surface area contributed by atoms with Gasteiger partial charge >= 0.3 is 0 Å². The Morgan fingerprint density at radius 1 is 1.14 bits per heavy atom. The number of benzene rings is 2. The summed E-state index contributed by atoms with van der Waals surface area (Å²) >= 11 is 5.99. The number of hydrogen-bond acceptors (Lipinski definition) is 4. The van der Waals surface area contributed by atoms with E-state index >= 15 is 0 Å². The number of anilines is 1. The molecule has 0 saturated heterocycles. The molecule has 4 rings (SSSR count). The van der Waals surface area contributed by atoms with Crippen molar-refractivity contribution in [2.45, 2.75) is 19.8 Å². The van der Waals surface area contributed by atoms with Gasteiger partial charge in [-0.2, -0.15) is 0 Å². The lowest BCUT2D eigenvalue weighted by Gasteiger charge is -2.10. The van der Waals surface area contributed by atoms with Crippen LogP contribution in [0, 0.1) is 6.92 Å². The number of aryl methyl sites for hydroxylation is 2. The van der Waals surface area contributed by atoms with Crippen LogP contribution in [0.1, 0.15) is 17.7 Å². The highest BCUT2D eigenvalue weighted by molar-refractivity contribution is 6.30. The maximum Gasteiger partial charge on any atom is 0.264 e. The quantitative estimate of drug-likeness (QED) is 0.528. The van der Waals surface area contributed by atoms with Crippen LogP contribution in [0.2, 0.25) is 5.02 Å². The van der Waals surface area contributed by atoms with Gasteiger partial charge in [-0.15, -0.1) is 0 Å². The molecule has 2 heterocycles. The zero-order valence-corrected chi connectivity index (χ0v) is 16.4. The molecule has 7 heteroatoms. The van der Waals surface area contributed by atoms with Gasteiger partial charge in [0.15, 0.2) is 5.82 Å². The summed E-state index contributed by atoms with van der Waals surface area (Å²) in [6, 6.07) is 16.2. The Bertz CT molecular complexity index is 1260. The van der Waals surface area contributed by atoms with Crippen LogP contribution in [-0.4, -0.2) is 15.6 Å². The number of amides is 1. The molecule has 29 heavy (non-hydrogen) atoms. The molecule has 146 valence electrons. The maximum atomic E-state index is 12.9. The van der Waals surface area contributed by atoms with Gasteiger partial charge in [0, 0.05) is 40.2 Å². The van der Waals surface area contributed by atoms with Gasteiger partial charge in [0.1, 0.15) is 5.76 Å². The molecule has 4 aromatic rings. The lowest BCUT2D eigenvalue weighted by molar-refractivity contribution is -0.116. The summed E-state index contributed by atoms with van der Waals surface area (Å²) in [5.74, 6) is 0.909. The van der Waals surface area contributed by atoms with Crippen molar-refractivity contribution in [3.05, 3.63) is 87.5 Å². The smallest absolute Gasteiger partial charge is 0.264 e. The van der Waals surface area contributed by atoms with Gasteiger partial charge in [0.2, 0.25) is 5.91 Å². The van der Waals surface area contributed by atoms with E-state index in [4.69, 9.17) is 16.1 Å². The van der Waals surface area contributed by atoms with Gasteiger partial charge in [-0.05, 0) is 49.2 Å². The Kier molecular flexibility index (Phi) is 5.18. The number of nitrogens with zero attached hydrogens (tertiary/aromatic N) is 2. The Balaban J connectivity index is 1.57. The number of carbonyl (C=O) groups excluding carboxylic acids is 1. The standard InChI is InChI=1S/C22H18ClN3O3/c1-14-12-20(25-29-14)26-11-10-17-18(22(26)28)6-3-7-19(17)24-21(27)9-8-15-4-2-5-16(23)13-15/h2-7,10-13H,8-9H2,1H3,(H,24,27). The van der Waals surface area contributed by atoms with Gasteiger partial charge in [-0.25, -0.2) is 0 Å². The SMILES string of the molecule is Cc1cc(-n2ccc3c(NC(=O)CCc4cccc(Cl)c4)cccc3c2=O)no1. The second-order valence-corrected chi connectivity index (χ2v) is 7.17. The normalized spacial score (nSPS) is 11.0. The van der Waals surface area contributed by atoms with Crippen LogP contribution in [0.15, 0.2) is 70.1 Å². The minimum Gasteiger partial charge on any atom is -0.360 e. The summed E-state index contributed by atoms with van der Waals surface area (Å²) in [7, 11) is 0. The summed E-state index contributed by atoms with van der Waals surface area (Å²) in [5, 5.41) is 8.61. The first-order valence-electron chi connectivity index (χ1n) is 9.13. The van der Waals surface area contributed by atoms with E-state index in [0.29, 0.717) is 45.9 Å². The van der Waals surface area contributed by atoms with Crippen LogP contribution in [-0.2, 0) is 11.2 Å². The first-order valence-corrected chi connectivity index (χ1v) is 9.51. The summed E-state index contributed by atoms with van der Waals surface area (Å²) in [4.78, 5) is 25.3. The minimum atomic E-state index is -0.231. The van der Waals surface area contributed by atoms with E-state index in [1.165, 1.54) is 4.57 Å². The van der Waals surface area contributed by atoms with Crippen molar-refractivity contribution >= 4 is 34.0 Å². The molecule has 0 bridgehead atoms. The first-order chi connectivity index (χ1) is 14.0. The number of pyridine rings is 1. The van der Waals surface area contributed by atoms with Crippen molar-refractivity contribution in [2.24, 2.45) is 0 Å². The Morgan fingerprint density at radius 2 is 1.97 bits per heavy atom. The average molecular weight is 408 g/mol. The molecule has 0 saturated carbocycles. The van der Waals surface area contributed by atoms with Crippen molar-refractivity contribution in [3.8, 4) is 5.82 Å². The molecule has 0 aliphatic carbocycles. The molecule has 6 nitrogen and oxygen atoms in total. The highest BCUT2D eigenvalue weighted by Crippen LogP contribution is 2.22. The van der Waals surface area contributed by atoms with Crippen LogP contribution < -0.4 is 10.9 Å². The van der Waals surface area contributed by atoms with Gasteiger partial charge < -0.3 is 9.84 Å². The van der Waals surface area contributed by atoms with Crippen molar-refractivity contribution < 1.29 is 9.32 Å². The molecular formula is C22H18ClN3O3. The van der Waals surface area contributed by atoms with E-state index in [1.54, 1.807) is 49.5 Å². The molecule has 1 N–H and O–H groups in total. The van der Waals surface area contributed by atoms with E-state index < -0.39 is 0 Å². The maximum absolute atomic E-state index is 12.9. The van der Waals surface area contributed by atoms with Gasteiger partial charge in [-0.1, -0.05) is 35.0 Å². The lowest BCUT2D eigenvalue weighted by atomic mass is 10.1. The van der Waals surface area contributed by atoms with E-state index in [0.717, 1.165) is 5.56 Å². The van der Waals surface area contributed by atoms with Crippen LogP contribution in [0.4, 0.5) is 5.69 Å². The summed E-state index contributed by atoms with van der Waals surface area (Å²) in [5.41, 5.74) is 1.36. The molecule has 0 atom stereocenters. The zero-order chi connectivity index (χ0) is 20.4. The van der Waals surface area contributed by atoms with E-state index in [1.807, 2.05) is 18.2 Å². The summed E-state index contributed by atoms with van der Waals surface area (Å²) < 4.78 is 6.48. The Hall–Kier alpha value is -3.38. The second-order valence-electron chi connectivity index (χ2n) is 6.73. The molecule has 0 spiro atoms. The van der Waals surface area contributed by atoms with Crippen LogP contribution in [0.3, 0.4) is 0 Å². The number of carbonyl (C=O) groups is 1. The molecule has 0 fully saturated rings. The van der Waals surface area contributed by atoms with E-state index in [2.05, 4.69) is 10.5 Å². The van der Waals surface area contributed by atoms with Gasteiger partial charge in [0.25, 0.3) is 5.56 Å². The van der Waals surface area contributed by atoms with Crippen molar-refractivity contribution in [1.29, 1.82) is 0 Å². The summed E-state index contributed by atoms with van der Waals surface area (Å²) in [6.45, 7) is 1.76. The fraction of sp³-hybridized carbons (Fsp3) is 0.136. The van der Waals surface area contributed by atoms with Crippen LogP contribution in [0.25, 0.3) is 16.6 Å². The Labute approximate surface area is 171 Å². The van der Waals surface area contributed by atoms with Gasteiger partial charge in [0.05, 0.1) is 0 Å². The first kappa shape index (κ1) is 19.0. The third kappa shape index (κ3) is 4.07. The lowest BCUT2D eigenvalue weighted by Crippen LogP contribution is -2.19. The third-order valence-electron chi connectivity index (χ3n) is 4.61. The number of hydrogen-bond donors (Lipinski definition) is 1. The summed E-state index contributed by atoms with van der Waals surface area (Å²) in [6.07, 6.45) is 2.52. The molecule has 0 aliphatic rings. The average Bonchev–Trinajstić information content (AvgIpc) is 3.13. The van der Waals surface area contributed by atoms with Crippen LogP contribution in [0.5, 0.6) is 0 Å². The molecule has 0 radical (unpaired) electrons. The predicted molar refractivity (Wildman–Crippen MR) is 113 cm³/mol. The van der Waals surface area contributed by atoms with Crippen molar-refractivity contribution in [2.75, 3.05) is 5.32 Å². The van der Waals surface area contributed by atoms with Crippen LogP contribution >= 0.6 is 11.6 Å². The number of rotatable bonds is 5. The topological polar surface area (TPSA) is 77.1 Å². The fourth-order valence-electron chi connectivity index (χ4n) is 3.20. The largest absolute Gasteiger partial charge is 0.360 e. The second kappa shape index (κ2) is 7.93. The molecule has 0 unspecified atom stereocenters. The molecule has 2 aromatic heterocycles. The van der Waals surface area contributed by atoms with Crippen molar-refractivity contribution in [1.82, 2.24) is 9.72 Å². The third-order valence-corrected chi connectivity index (χ3v) is 4.85. The number of halogens is 1. The fourth-order valence-corrected chi connectivity index (χ4v) is 3.41. The number of aromatic nitrogens is 2. The monoisotopic (exact) mass is 407 g/mol. The zero-order valence-electron chi connectivity index (χ0n) is 15.7. The minimum absolute atomic E-state index is 0.131. The number of nitrogens with one attached hydrogen (secondary N) is 1. The van der Waals surface area contributed by atoms with Crippen molar-refractivity contribution in [3.63, 3.8) is 0 Å². The molecular weight excluding hydrogens is 390 g/mol. The Morgan fingerprint density at radius 3 is 2.72 bits per heavy atom. The highest BCUT2D eigenvalue weighted by Gasteiger charge is 2.12. The molecule has 2 aromatic carbocycles. The van der Waals surface area contributed by atoms with Gasteiger partial charge in [-0.3, -0.25) is 14.2 Å². The molecule has 0 aliphatic heterocycles. The predicted octanol–water partition coefficient (Wildman–Crippen LogP) is 4.51. The number of fused-ring (bicyclic) bond motifs is 1. The molecule has 1 amide bonds. The van der Waals surface area contributed by atoms with E-state index in [9.17, 15) is 9.59 Å². The highest BCUT2D eigenvalue weighted by atomic mass is 35.5. The van der Waals surface area contributed by atoms with E-state index in [-0.39, 0.29) is 11.5 Å².